The van der Waals surface area contributed by atoms with Gasteiger partial charge < -0.3 is 16.0 Å². The van der Waals surface area contributed by atoms with Crippen LogP contribution >= 0.6 is 0 Å². The number of hydrogen-bond acceptors (Lipinski definition) is 2. The quantitative estimate of drug-likeness (QED) is 0.810. The summed E-state index contributed by atoms with van der Waals surface area (Å²) in [5.41, 5.74) is 5.63. The highest BCUT2D eigenvalue weighted by Crippen LogP contribution is 2.29. The molecule has 5 nitrogen and oxygen atoms in total. The molecular formula is C16H22FN3O2. The molecule has 3 amide bonds. The summed E-state index contributed by atoms with van der Waals surface area (Å²) in [6.07, 6.45) is 3.09. The first-order valence-corrected chi connectivity index (χ1v) is 7.62. The number of carbonyl (C=O) groups excluding carboxylic acids is 2. The molecule has 1 aliphatic carbocycles. The molecule has 3 N–H and O–H groups in total. The third kappa shape index (κ3) is 4.19. The number of primary amides is 1. The van der Waals surface area contributed by atoms with E-state index in [2.05, 4.69) is 5.32 Å². The van der Waals surface area contributed by atoms with Crippen LogP contribution in [0.1, 0.15) is 38.2 Å². The van der Waals surface area contributed by atoms with E-state index in [9.17, 15) is 14.0 Å². The summed E-state index contributed by atoms with van der Waals surface area (Å²) in [5.74, 6) is -0.512. The summed E-state index contributed by atoms with van der Waals surface area (Å²) in [6.45, 7) is 2.15. The van der Waals surface area contributed by atoms with Gasteiger partial charge in [0.05, 0.1) is 0 Å². The fourth-order valence-corrected chi connectivity index (χ4v) is 2.50. The SMILES string of the molecule is CCC[C@H](NC(N)=O)C(=O)N(Cc1ccccc1F)C1CC1. The molecule has 0 bridgehead atoms. The van der Waals surface area contributed by atoms with Crippen LogP contribution in [0.15, 0.2) is 24.3 Å². The van der Waals surface area contributed by atoms with Gasteiger partial charge in [0, 0.05) is 18.2 Å². The Morgan fingerprint density at radius 2 is 2.09 bits per heavy atom. The van der Waals surface area contributed by atoms with Crippen molar-refractivity contribution in [3.05, 3.63) is 35.6 Å². The fourth-order valence-electron chi connectivity index (χ4n) is 2.50. The molecule has 0 spiro atoms. The van der Waals surface area contributed by atoms with Crippen LogP contribution in [0, 0.1) is 5.82 Å². The van der Waals surface area contributed by atoms with Gasteiger partial charge in [-0.15, -0.1) is 0 Å². The number of urea groups is 1. The normalized spacial score (nSPS) is 15.2. The monoisotopic (exact) mass is 307 g/mol. The number of hydrogen-bond donors (Lipinski definition) is 2. The van der Waals surface area contributed by atoms with E-state index in [0.29, 0.717) is 12.0 Å². The minimum Gasteiger partial charge on any atom is -0.352 e. The average molecular weight is 307 g/mol. The minimum atomic E-state index is -0.714. The Labute approximate surface area is 129 Å². The lowest BCUT2D eigenvalue weighted by molar-refractivity contribution is -0.134. The van der Waals surface area contributed by atoms with Crippen LogP contribution in [0.25, 0.3) is 0 Å². The van der Waals surface area contributed by atoms with Crippen LogP contribution < -0.4 is 11.1 Å². The molecule has 6 heteroatoms. The molecule has 0 radical (unpaired) electrons. The number of amides is 3. The highest BCUT2D eigenvalue weighted by molar-refractivity contribution is 5.87. The van der Waals surface area contributed by atoms with Gasteiger partial charge in [-0.05, 0) is 25.3 Å². The Bertz CT molecular complexity index is 546. The van der Waals surface area contributed by atoms with Gasteiger partial charge in [0.15, 0.2) is 0 Å². The standard InChI is InChI=1S/C16H22FN3O2/c1-2-5-14(19-16(18)22)15(21)20(12-8-9-12)10-11-6-3-4-7-13(11)17/h3-4,6-7,12,14H,2,5,8-10H2,1H3,(H3,18,19,22)/t14-/m0/s1. The third-order valence-corrected chi connectivity index (χ3v) is 3.76. The van der Waals surface area contributed by atoms with E-state index >= 15 is 0 Å². The molecule has 1 aromatic rings. The molecule has 0 aromatic heterocycles. The molecule has 0 saturated heterocycles. The number of rotatable bonds is 7. The third-order valence-electron chi connectivity index (χ3n) is 3.76. The topological polar surface area (TPSA) is 75.4 Å². The van der Waals surface area contributed by atoms with Crippen LogP contribution in [-0.2, 0) is 11.3 Å². The number of nitrogens with two attached hydrogens (primary N) is 1. The number of benzene rings is 1. The van der Waals surface area contributed by atoms with Gasteiger partial charge in [0.25, 0.3) is 0 Å². The number of nitrogens with one attached hydrogen (secondary N) is 1. The maximum absolute atomic E-state index is 13.8. The van der Waals surface area contributed by atoms with E-state index in [1.54, 1.807) is 23.1 Å². The summed E-state index contributed by atoms with van der Waals surface area (Å²) >= 11 is 0. The molecule has 1 aromatic carbocycles. The average Bonchev–Trinajstić information content (AvgIpc) is 3.29. The first kappa shape index (κ1) is 16.3. The van der Waals surface area contributed by atoms with Crippen molar-refractivity contribution in [2.24, 2.45) is 5.73 Å². The lowest BCUT2D eigenvalue weighted by Crippen LogP contribution is -2.50. The zero-order valence-electron chi connectivity index (χ0n) is 12.7. The smallest absolute Gasteiger partial charge is 0.312 e. The first-order valence-electron chi connectivity index (χ1n) is 7.62. The van der Waals surface area contributed by atoms with E-state index in [1.165, 1.54) is 6.07 Å². The van der Waals surface area contributed by atoms with Gasteiger partial charge in [0.1, 0.15) is 11.9 Å². The highest BCUT2D eigenvalue weighted by Gasteiger charge is 2.36. The van der Waals surface area contributed by atoms with Crippen LogP contribution in [0.3, 0.4) is 0 Å². The van der Waals surface area contributed by atoms with Gasteiger partial charge in [-0.2, -0.15) is 0 Å². The number of halogens is 1. The second-order valence-electron chi connectivity index (χ2n) is 5.64. The predicted molar refractivity (Wildman–Crippen MR) is 81.4 cm³/mol. The van der Waals surface area contributed by atoms with Crippen molar-refractivity contribution in [1.82, 2.24) is 10.2 Å². The lowest BCUT2D eigenvalue weighted by atomic mass is 10.1. The number of nitrogens with zero attached hydrogens (tertiary/aromatic N) is 1. The maximum atomic E-state index is 13.8. The van der Waals surface area contributed by atoms with Crippen LogP contribution in [-0.4, -0.2) is 28.9 Å². The molecule has 22 heavy (non-hydrogen) atoms. The van der Waals surface area contributed by atoms with Gasteiger partial charge in [-0.25, -0.2) is 9.18 Å². The molecular weight excluding hydrogens is 285 g/mol. The summed E-state index contributed by atoms with van der Waals surface area (Å²) in [6, 6.07) is 5.20. The highest BCUT2D eigenvalue weighted by atomic mass is 19.1. The number of carbonyl (C=O) groups is 2. The van der Waals surface area contributed by atoms with Crippen LogP contribution in [0.5, 0.6) is 0 Å². The first-order chi connectivity index (χ1) is 10.5. The molecule has 2 rings (SSSR count). The van der Waals surface area contributed by atoms with Crippen molar-refractivity contribution in [1.29, 1.82) is 0 Å². The zero-order chi connectivity index (χ0) is 16.1. The largest absolute Gasteiger partial charge is 0.352 e. The summed E-state index contributed by atoms with van der Waals surface area (Å²) in [5, 5.41) is 2.50. The fraction of sp³-hybridized carbons (Fsp3) is 0.500. The van der Waals surface area contributed by atoms with E-state index in [1.807, 2.05) is 6.92 Å². The Balaban J connectivity index is 2.14. The van der Waals surface area contributed by atoms with E-state index in [-0.39, 0.29) is 24.3 Å². The molecule has 1 fully saturated rings. The lowest BCUT2D eigenvalue weighted by Gasteiger charge is -2.27. The van der Waals surface area contributed by atoms with Crippen LogP contribution in [0.4, 0.5) is 9.18 Å². The van der Waals surface area contributed by atoms with Crippen molar-refractivity contribution >= 4 is 11.9 Å². The molecule has 0 heterocycles. The van der Waals surface area contributed by atoms with Gasteiger partial charge in [-0.3, -0.25) is 4.79 Å². The molecule has 120 valence electrons. The summed E-state index contributed by atoms with van der Waals surface area (Å²) in [4.78, 5) is 25.5. The Hall–Kier alpha value is -2.11. The second-order valence-corrected chi connectivity index (χ2v) is 5.64. The Kier molecular flexibility index (Phi) is 5.35. The predicted octanol–water partition coefficient (Wildman–Crippen LogP) is 2.15. The molecule has 1 aliphatic rings. The van der Waals surface area contributed by atoms with Crippen molar-refractivity contribution in [2.45, 2.75) is 51.2 Å². The Morgan fingerprint density at radius 3 is 2.64 bits per heavy atom. The van der Waals surface area contributed by atoms with Crippen molar-refractivity contribution in [2.75, 3.05) is 0 Å². The van der Waals surface area contributed by atoms with Gasteiger partial charge >= 0.3 is 6.03 Å². The zero-order valence-corrected chi connectivity index (χ0v) is 12.7. The molecule has 0 unspecified atom stereocenters. The van der Waals surface area contributed by atoms with Gasteiger partial charge in [0.2, 0.25) is 5.91 Å². The van der Waals surface area contributed by atoms with E-state index in [0.717, 1.165) is 19.3 Å². The van der Waals surface area contributed by atoms with Gasteiger partial charge in [-0.1, -0.05) is 31.5 Å². The Morgan fingerprint density at radius 1 is 1.41 bits per heavy atom. The van der Waals surface area contributed by atoms with Crippen molar-refractivity contribution < 1.29 is 14.0 Å². The summed E-state index contributed by atoms with van der Waals surface area (Å²) < 4.78 is 13.8. The second kappa shape index (κ2) is 7.24. The maximum Gasteiger partial charge on any atom is 0.312 e. The minimum absolute atomic E-state index is 0.126. The van der Waals surface area contributed by atoms with E-state index < -0.39 is 12.1 Å². The molecule has 1 atom stereocenters. The summed E-state index contributed by atoms with van der Waals surface area (Å²) in [7, 11) is 0. The van der Waals surface area contributed by atoms with E-state index in [4.69, 9.17) is 5.73 Å². The molecule has 1 saturated carbocycles. The van der Waals surface area contributed by atoms with Crippen LogP contribution in [0.2, 0.25) is 0 Å². The molecule has 0 aliphatic heterocycles. The van der Waals surface area contributed by atoms with Crippen molar-refractivity contribution in [3.8, 4) is 0 Å². The van der Waals surface area contributed by atoms with Crippen molar-refractivity contribution in [3.63, 3.8) is 0 Å².